The lowest BCUT2D eigenvalue weighted by atomic mass is 9.93. The number of morpholine rings is 1. The number of amides is 1. The first-order valence-electron chi connectivity index (χ1n) is 10.2. The number of hydrogen-bond donors (Lipinski definition) is 1. The Hall–Kier alpha value is -2.07. The number of anilines is 2. The van der Waals surface area contributed by atoms with Crippen LogP contribution >= 0.6 is 39.1 Å². The van der Waals surface area contributed by atoms with Crippen LogP contribution in [0.3, 0.4) is 0 Å². The molecule has 168 valence electrons. The van der Waals surface area contributed by atoms with E-state index in [1.54, 1.807) is 12.3 Å². The van der Waals surface area contributed by atoms with Gasteiger partial charge in [-0.25, -0.2) is 4.98 Å². The molecule has 2 aromatic heterocycles. The fraction of sp³-hybridized carbons (Fsp3) is 0.381. The van der Waals surface area contributed by atoms with Crippen LogP contribution in [0.2, 0.25) is 10.0 Å². The molecule has 0 radical (unpaired) electrons. The number of halogens is 3. The number of rotatable bonds is 2. The Labute approximate surface area is 202 Å². The molecule has 2 N–H and O–H groups in total. The Balaban J connectivity index is 1.39. The second-order valence-corrected chi connectivity index (χ2v) is 9.48. The first-order valence-corrected chi connectivity index (χ1v) is 11.7. The highest BCUT2D eigenvalue weighted by molar-refractivity contribution is 9.10. The first-order chi connectivity index (χ1) is 15.3. The van der Waals surface area contributed by atoms with Gasteiger partial charge in [0.1, 0.15) is 15.8 Å². The fourth-order valence-corrected chi connectivity index (χ4v) is 5.58. The Morgan fingerprint density at radius 2 is 2.12 bits per heavy atom. The van der Waals surface area contributed by atoms with E-state index in [9.17, 15) is 4.79 Å². The van der Waals surface area contributed by atoms with E-state index in [1.165, 1.54) is 0 Å². The van der Waals surface area contributed by atoms with Gasteiger partial charge in [-0.15, -0.1) is 0 Å². The molecule has 2 aliphatic heterocycles. The largest absolute Gasteiger partial charge is 0.421 e. The molecule has 0 spiro atoms. The highest BCUT2D eigenvalue weighted by Gasteiger charge is 2.36. The molecule has 0 unspecified atom stereocenters. The molecular weight excluding hydrogens is 521 g/mol. The van der Waals surface area contributed by atoms with Crippen molar-refractivity contribution in [2.24, 2.45) is 0 Å². The molecule has 2 atom stereocenters. The quantitative estimate of drug-likeness (QED) is 0.486. The van der Waals surface area contributed by atoms with Gasteiger partial charge in [0, 0.05) is 23.1 Å². The SMILES string of the molecule is C[C@H]1c2c(Cl)cc(Cl)cc2CCN1C(=O)[C@H]1CN(c2cnc(Br)c3nc(N)oc23)CCO1. The number of pyridine rings is 1. The minimum absolute atomic E-state index is 0.0635. The normalized spacial score (nSPS) is 21.1. The van der Waals surface area contributed by atoms with Crippen molar-refractivity contribution >= 4 is 67.8 Å². The second-order valence-electron chi connectivity index (χ2n) is 7.89. The van der Waals surface area contributed by atoms with Gasteiger partial charge in [0.2, 0.25) is 0 Å². The van der Waals surface area contributed by atoms with Crippen molar-refractivity contribution in [1.82, 2.24) is 14.9 Å². The van der Waals surface area contributed by atoms with Crippen LogP contribution in [-0.4, -0.2) is 53.1 Å². The van der Waals surface area contributed by atoms with E-state index in [1.807, 2.05) is 22.8 Å². The summed E-state index contributed by atoms with van der Waals surface area (Å²) in [5.74, 6) is -0.0720. The van der Waals surface area contributed by atoms with Crippen molar-refractivity contribution in [3.05, 3.63) is 44.1 Å². The van der Waals surface area contributed by atoms with Gasteiger partial charge in [0.05, 0.1) is 25.4 Å². The number of carbonyl (C=O) groups is 1. The molecular formula is C21H20BrCl2N5O3. The molecule has 1 fully saturated rings. The number of ether oxygens (including phenoxy) is 1. The number of nitrogen functional groups attached to an aromatic ring is 1. The van der Waals surface area contributed by atoms with Crippen LogP contribution in [0.25, 0.3) is 11.1 Å². The molecule has 5 rings (SSSR count). The second kappa shape index (κ2) is 8.37. The Morgan fingerprint density at radius 3 is 2.94 bits per heavy atom. The number of oxazole rings is 1. The van der Waals surface area contributed by atoms with Gasteiger partial charge in [-0.05, 0) is 52.5 Å². The number of hydrogen-bond acceptors (Lipinski definition) is 7. The highest BCUT2D eigenvalue weighted by atomic mass is 79.9. The van der Waals surface area contributed by atoms with E-state index in [0.717, 1.165) is 16.8 Å². The third-order valence-electron chi connectivity index (χ3n) is 6.02. The molecule has 2 aliphatic rings. The van der Waals surface area contributed by atoms with Crippen LogP contribution in [0, 0.1) is 0 Å². The van der Waals surface area contributed by atoms with Crippen LogP contribution in [0.4, 0.5) is 11.7 Å². The van der Waals surface area contributed by atoms with Crippen molar-refractivity contribution in [2.75, 3.05) is 36.9 Å². The molecule has 1 saturated heterocycles. The van der Waals surface area contributed by atoms with Crippen LogP contribution in [0.1, 0.15) is 24.1 Å². The summed E-state index contributed by atoms with van der Waals surface area (Å²) in [6.45, 7) is 3.91. The summed E-state index contributed by atoms with van der Waals surface area (Å²) in [4.78, 5) is 25.9. The Kier molecular flexibility index (Phi) is 5.69. The number of benzene rings is 1. The molecule has 32 heavy (non-hydrogen) atoms. The summed E-state index contributed by atoms with van der Waals surface area (Å²) in [5.41, 5.74) is 9.58. The van der Waals surface area contributed by atoms with Crippen LogP contribution in [-0.2, 0) is 16.0 Å². The van der Waals surface area contributed by atoms with Crippen molar-refractivity contribution < 1.29 is 13.9 Å². The van der Waals surface area contributed by atoms with Gasteiger partial charge in [-0.3, -0.25) is 4.79 Å². The van der Waals surface area contributed by atoms with E-state index in [-0.39, 0.29) is 18.0 Å². The standard InChI is InChI=1S/C21H20BrCl2N5O3/c1-10-16-11(6-12(23)7-13(16)24)2-3-29(10)20(30)15-9-28(4-5-31-15)14-8-26-19(22)17-18(14)32-21(25)27-17/h6-8,10,15H,2-5,9H2,1H3,(H2,25,27)/t10-,15+/m0/s1. The minimum atomic E-state index is -0.627. The van der Waals surface area contributed by atoms with Crippen LogP contribution in [0.5, 0.6) is 0 Å². The van der Waals surface area contributed by atoms with Crippen molar-refractivity contribution in [1.29, 1.82) is 0 Å². The number of nitrogens with two attached hydrogens (primary N) is 1. The number of aromatic nitrogens is 2. The fourth-order valence-electron chi connectivity index (χ4n) is 4.52. The van der Waals surface area contributed by atoms with Crippen molar-refractivity contribution in [3.63, 3.8) is 0 Å². The average molecular weight is 541 g/mol. The smallest absolute Gasteiger partial charge is 0.293 e. The highest BCUT2D eigenvalue weighted by Crippen LogP contribution is 2.38. The first kappa shape index (κ1) is 21.8. The van der Waals surface area contributed by atoms with Crippen LogP contribution in [0.15, 0.2) is 27.3 Å². The van der Waals surface area contributed by atoms with Gasteiger partial charge in [0.25, 0.3) is 11.9 Å². The third-order valence-corrected chi connectivity index (χ3v) is 7.14. The maximum atomic E-state index is 13.5. The van der Waals surface area contributed by atoms with E-state index in [4.69, 9.17) is 38.1 Å². The molecule has 8 nitrogen and oxygen atoms in total. The zero-order chi connectivity index (χ0) is 22.6. The molecule has 11 heteroatoms. The molecule has 4 heterocycles. The van der Waals surface area contributed by atoms with Crippen molar-refractivity contribution in [3.8, 4) is 0 Å². The summed E-state index contributed by atoms with van der Waals surface area (Å²) < 4.78 is 12.1. The number of carbonyl (C=O) groups excluding carboxylic acids is 1. The summed E-state index contributed by atoms with van der Waals surface area (Å²) in [6.07, 6.45) is 1.75. The summed E-state index contributed by atoms with van der Waals surface area (Å²) in [6, 6.07) is 3.54. The predicted molar refractivity (Wildman–Crippen MR) is 126 cm³/mol. The average Bonchev–Trinajstić information content (AvgIpc) is 3.15. The van der Waals surface area contributed by atoms with E-state index in [0.29, 0.717) is 58.4 Å². The zero-order valence-corrected chi connectivity index (χ0v) is 20.2. The lowest BCUT2D eigenvalue weighted by Crippen LogP contribution is -2.53. The maximum Gasteiger partial charge on any atom is 0.293 e. The number of nitrogens with zero attached hydrogens (tertiary/aromatic N) is 4. The molecule has 1 amide bonds. The van der Waals surface area contributed by atoms with Gasteiger partial charge < -0.3 is 24.7 Å². The molecule has 0 bridgehead atoms. The topological polar surface area (TPSA) is 97.7 Å². The molecule has 0 aliphatic carbocycles. The van der Waals surface area contributed by atoms with Crippen molar-refractivity contribution in [2.45, 2.75) is 25.5 Å². The Morgan fingerprint density at radius 1 is 1.31 bits per heavy atom. The minimum Gasteiger partial charge on any atom is -0.421 e. The van der Waals surface area contributed by atoms with Gasteiger partial charge in [-0.2, -0.15) is 4.98 Å². The van der Waals surface area contributed by atoms with E-state index < -0.39 is 6.10 Å². The number of fused-ring (bicyclic) bond motifs is 2. The zero-order valence-electron chi connectivity index (χ0n) is 17.1. The van der Waals surface area contributed by atoms with Gasteiger partial charge in [0.15, 0.2) is 11.7 Å². The molecule has 3 aromatic rings. The van der Waals surface area contributed by atoms with E-state index >= 15 is 0 Å². The maximum absolute atomic E-state index is 13.5. The lowest BCUT2D eigenvalue weighted by molar-refractivity contribution is -0.147. The van der Waals surface area contributed by atoms with Crippen LogP contribution < -0.4 is 10.6 Å². The molecule has 1 aromatic carbocycles. The lowest BCUT2D eigenvalue weighted by Gasteiger charge is -2.40. The Bertz CT molecular complexity index is 1220. The summed E-state index contributed by atoms with van der Waals surface area (Å²) >= 11 is 16.0. The van der Waals surface area contributed by atoms with Gasteiger partial charge >= 0.3 is 0 Å². The third kappa shape index (κ3) is 3.71. The summed E-state index contributed by atoms with van der Waals surface area (Å²) in [7, 11) is 0. The molecule has 0 saturated carbocycles. The predicted octanol–water partition coefficient (Wildman–Crippen LogP) is 4.23. The van der Waals surface area contributed by atoms with Gasteiger partial charge in [-0.1, -0.05) is 23.2 Å². The monoisotopic (exact) mass is 539 g/mol. The summed E-state index contributed by atoms with van der Waals surface area (Å²) in [5, 5.41) is 1.18. The van der Waals surface area contributed by atoms with E-state index in [2.05, 4.69) is 25.9 Å².